The Morgan fingerprint density at radius 1 is 1.20 bits per heavy atom. The fourth-order valence-electron chi connectivity index (χ4n) is 2.24. The van der Waals surface area contributed by atoms with Crippen molar-refractivity contribution in [2.45, 2.75) is 52.9 Å². The Morgan fingerprint density at radius 2 is 1.80 bits per heavy atom. The first-order valence-corrected chi connectivity index (χ1v) is 6.01. The molecule has 2 heteroatoms. The Kier molecular flexibility index (Phi) is 4.86. The molecule has 0 bridgehead atoms. The Morgan fingerprint density at radius 3 is 2.33 bits per heavy atom. The highest BCUT2D eigenvalue weighted by Gasteiger charge is 2.19. The summed E-state index contributed by atoms with van der Waals surface area (Å²) in [6.07, 6.45) is 6.43. The zero-order chi connectivity index (χ0) is 11.3. The third-order valence-electron chi connectivity index (χ3n) is 3.39. The Labute approximate surface area is 92.7 Å². The largest absolute Gasteiger partial charge is 0.463 e. The van der Waals surface area contributed by atoms with Crippen LogP contribution < -0.4 is 0 Å². The number of allylic oxidation sites excluding steroid dienone is 1. The van der Waals surface area contributed by atoms with E-state index in [0.717, 1.165) is 5.57 Å². The third-order valence-corrected chi connectivity index (χ3v) is 3.39. The normalized spacial score (nSPS) is 19.7. The van der Waals surface area contributed by atoms with Crippen molar-refractivity contribution in [3.63, 3.8) is 0 Å². The lowest BCUT2D eigenvalue weighted by Crippen LogP contribution is -2.13. The zero-order valence-corrected chi connectivity index (χ0v) is 10.1. The van der Waals surface area contributed by atoms with Gasteiger partial charge in [-0.15, -0.1) is 0 Å². The minimum atomic E-state index is -0.138. The molecule has 1 saturated carbocycles. The first kappa shape index (κ1) is 12.3. The molecule has 1 aliphatic rings. The molecule has 0 atom stereocenters. The molecule has 1 rings (SSSR count). The van der Waals surface area contributed by atoms with Crippen molar-refractivity contribution in [1.82, 2.24) is 0 Å². The molecule has 2 nitrogen and oxygen atoms in total. The van der Waals surface area contributed by atoms with Crippen molar-refractivity contribution >= 4 is 5.97 Å². The van der Waals surface area contributed by atoms with Crippen LogP contribution in [-0.2, 0) is 9.53 Å². The molecule has 1 fully saturated rings. The molecular weight excluding hydrogens is 188 g/mol. The lowest BCUT2D eigenvalue weighted by atomic mass is 9.83. The van der Waals surface area contributed by atoms with Crippen molar-refractivity contribution in [3.8, 4) is 0 Å². The number of rotatable bonds is 3. The van der Waals surface area contributed by atoms with Gasteiger partial charge < -0.3 is 4.74 Å². The van der Waals surface area contributed by atoms with Gasteiger partial charge in [0.25, 0.3) is 0 Å². The van der Waals surface area contributed by atoms with Crippen molar-refractivity contribution in [3.05, 3.63) is 11.1 Å². The van der Waals surface area contributed by atoms with Gasteiger partial charge in [-0.05, 0) is 39.5 Å². The molecule has 0 aromatic rings. The first-order chi connectivity index (χ1) is 7.16. The minimum Gasteiger partial charge on any atom is -0.463 e. The third kappa shape index (κ3) is 3.37. The summed E-state index contributed by atoms with van der Waals surface area (Å²) in [5.41, 5.74) is 2.07. The molecule has 0 saturated heterocycles. The van der Waals surface area contributed by atoms with Crippen LogP contribution in [0.25, 0.3) is 0 Å². The van der Waals surface area contributed by atoms with E-state index in [1.807, 2.05) is 13.8 Å². The van der Waals surface area contributed by atoms with E-state index in [2.05, 4.69) is 6.92 Å². The van der Waals surface area contributed by atoms with Crippen LogP contribution in [0.5, 0.6) is 0 Å². The van der Waals surface area contributed by atoms with Gasteiger partial charge in [0, 0.05) is 5.57 Å². The van der Waals surface area contributed by atoms with Crippen LogP contribution >= 0.6 is 0 Å². The molecule has 0 heterocycles. The topological polar surface area (TPSA) is 26.3 Å². The molecule has 0 N–H and O–H groups in total. The molecule has 0 aromatic carbocycles. The lowest BCUT2D eigenvalue weighted by molar-refractivity contribution is -0.138. The summed E-state index contributed by atoms with van der Waals surface area (Å²) in [6.45, 7) is 6.29. The van der Waals surface area contributed by atoms with E-state index in [1.165, 1.54) is 37.7 Å². The van der Waals surface area contributed by atoms with Gasteiger partial charge in [-0.2, -0.15) is 0 Å². The Balaban J connectivity index is 2.65. The number of carbonyl (C=O) groups excluding carboxylic acids is 1. The number of ether oxygens (including phenoxy) is 1. The van der Waals surface area contributed by atoms with Crippen molar-refractivity contribution in [1.29, 1.82) is 0 Å². The summed E-state index contributed by atoms with van der Waals surface area (Å²) in [7, 11) is 0. The van der Waals surface area contributed by atoms with Crippen LogP contribution in [0.3, 0.4) is 0 Å². The van der Waals surface area contributed by atoms with E-state index in [4.69, 9.17) is 4.74 Å². The second kappa shape index (κ2) is 5.94. The monoisotopic (exact) mass is 210 g/mol. The fourth-order valence-corrected chi connectivity index (χ4v) is 2.24. The van der Waals surface area contributed by atoms with Gasteiger partial charge in [0.05, 0.1) is 6.61 Å². The van der Waals surface area contributed by atoms with Crippen LogP contribution in [0.1, 0.15) is 52.9 Å². The summed E-state index contributed by atoms with van der Waals surface area (Å²) in [6, 6.07) is 0. The number of hydrogen-bond acceptors (Lipinski definition) is 2. The molecule has 1 aliphatic carbocycles. The van der Waals surface area contributed by atoms with Crippen molar-refractivity contribution in [2.75, 3.05) is 6.61 Å². The average molecular weight is 210 g/mol. The highest BCUT2D eigenvalue weighted by molar-refractivity contribution is 5.88. The molecule has 86 valence electrons. The predicted molar refractivity (Wildman–Crippen MR) is 61.6 cm³/mol. The maximum absolute atomic E-state index is 11.5. The van der Waals surface area contributed by atoms with Crippen LogP contribution in [0.15, 0.2) is 11.1 Å². The second-order valence-corrected chi connectivity index (χ2v) is 4.36. The van der Waals surface area contributed by atoms with E-state index < -0.39 is 0 Å². The maximum Gasteiger partial charge on any atom is 0.333 e. The molecule has 15 heavy (non-hydrogen) atoms. The van der Waals surface area contributed by atoms with Gasteiger partial charge in [0.2, 0.25) is 0 Å². The second-order valence-electron chi connectivity index (χ2n) is 4.36. The van der Waals surface area contributed by atoms with E-state index >= 15 is 0 Å². The molecule has 0 aromatic heterocycles. The van der Waals surface area contributed by atoms with Gasteiger partial charge in [0.15, 0.2) is 0 Å². The smallest absolute Gasteiger partial charge is 0.333 e. The van der Waals surface area contributed by atoms with Crippen molar-refractivity contribution in [2.24, 2.45) is 5.92 Å². The number of esters is 1. The Bertz CT molecular complexity index is 247. The molecule has 0 amide bonds. The summed E-state index contributed by atoms with van der Waals surface area (Å²) in [4.78, 5) is 11.5. The fraction of sp³-hybridized carbons (Fsp3) is 0.769. The van der Waals surface area contributed by atoms with Gasteiger partial charge >= 0.3 is 5.97 Å². The molecule has 0 aliphatic heterocycles. The molecule has 0 radical (unpaired) electrons. The van der Waals surface area contributed by atoms with Gasteiger partial charge in [-0.1, -0.05) is 24.8 Å². The van der Waals surface area contributed by atoms with Gasteiger partial charge in [-0.25, -0.2) is 4.79 Å². The van der Waals surface area contributed by atoms with Gasteiger partial charge in [-0.3, -0.25) is 0 Å². The minimum absolute atomic E-state index is 0.138. The van der Waals surface area contributed by atoms with E-state index in [9.17, 15) is 4.79 Å². The zero-order valence-electron chi connectivity index (χ0n) is 10.1. The number of hydrogen-bond donors (Lipinski definition) is 0. The van der Waals surface area contributed by atoms with Crippen LogP contribution in [0.4, 0.5) is 0 Å². The molecule has 0 spiro atoms. The summed E-state index contributed by atoms with van der Waals surface area (Å²) in [5.74, 6) is 0.476. The van der Waals surface area contributed by atoms with Gasteiger partial charge in [0.1, 0.15) is 0 Å². The van der Waals surface area contributed by atoms with E-state index in [0.29, 0.717) is 12.5 Å². The SMILES string of the molecule is CCOC(=O)C(C)=C(C)C1CCCCC1. The quantitative estimate of drug-likeness (QED) is 0.526. The number of carbonyl (C=O) groups is 1. The highest BCUT2D eigenvalue weighted by Crippen LogP contribution is 2.31. The average Bonchev–Trinajstić information content (AvgIpc) is 2.28. The predicted octanol–water partition coefficient (Wildman–Crippen LogP) is 3.47. The van der Waals surface area contributed by atoms with Crippen LogP contribution in [0, 0.1) is 5.92 Å². The summed E-state index contributed by atoms with van der Waals surface area (Å²) < 4.78 is 5.02. The Hall–Kier alpha value is -0.790. The molecule has 0 unspecified atom stereocenters. The lowest BCUT2D eigenvalue weighted by Gasteiger charge is -2.23. The highest BCUT2D eigenvalue weighted by atomic mass is 16.5. The standard InChI is InChI=1S/C13H22O2/c1-4-15-13(14)11(3)10(2)12-8-6-5-7-9-12/h12H,4-9H2,1-3H3. The van der Waals surface area contributed by atoms with E-state index in [1.54, 1.807) is 0 Å². The summed E-state index contributed by atoms with van der Waals surface area (Å²) >= 11 is 0. The molecular formula is C13H22O2. The maximum atomic E-state index is 11.5. The van der Waals surface area contributed by atoms with Crippen molar-refractivity contribution < 1.29 is 9.53 Å². The first-order valence-electron chi connectivity index (χ1n) is 6.01. The van der Waals surface area contributed by atoms with E-state index in [-0.39, 0.29) is 5.97 Å². The summed E-state index contributed by atoms with van der Waals surface area (Å²) in [5, 5.41) is 0. The van der Waals surface area contributed by atoms with Crippen LogP contribution in [0.2, 0.25) is 0 Å². The van der Waals surface area contributed by atoms with Crippen LogP contribution in [-0.4, -0.2) is 12.6 Å².